The average molecular weight is 239 g/mol. The molecule has 2 N–H and O–H groups in total. The van der Waals surface area contributed by atoms with E-state index in [1.165, 1.54) is 13.0 Å². The molecule has 1 rings (SSSR count). The SMILES string of the molecule is CC(NC(=O)c1ccc(=O)oc1)C(C)C(=O)O. The highest BCUT2D eigenvalue weighted by molar-refractivity contribution is 5.94. The second-order valence-corrected chi connectivity index (χ2v) is 3.73. The van der Waals surface area contributed by atoms with E-state index in [9.17, 15) is 14.4 Å². The van der Waals surface area contributed by atoms with E-state index in [0.717, 1.165) is 12.3 Å². The lowest BCUT2D eigenvalue weighted by Gasteiger charge is -2.17. The zero-order valence-corrected chi connectivity index (χ0v) is 9.47. The van der Waals surface area contributed by atoms with Gasteiger partial charge in [-0.15, -0.1) is 0 Å². The normalized spacial score (nSPS) is 13.8. The van der Waals surface area contributed by atoms with Crippen LogP contribution in [0.25, 0.3) is 0 Å². The second kappa shape index (κ2) is 5.29. The van der Waals surface area contributed by atoms with Crippen LogP contribution in [0.3, 0.4) is 0 Å². The Hall–Kier alpha value is -2.11. The van der Waals surface area contributed by atoms with Crippen molar-refractivity contribution in [2.45, 2.75) is 19.9 Å². The molecule has 0 aromatic carbocycles. The summed E-state index contributed by atoms with van der Waals surface area (Å²) >= 11 is 0. The van der Waals surface area contributed by atoms with Crippen molar-refractivity contribution in [1.29, 1.82) is 0 Å². The number of hydrogen-bond donors (Lipinski definition) is 2. The van der Waals surface area contributed by atoms with Gasteiger partial charge in [-0.1, -0.05) is 0 Å². The Balaban J connectivity index is 2.69. The molecule has 0 aliphatic carbocycles. The number of carboxylic acid groups (broad SMARTS) is 1. The molecular weight excluding hydrogens is 226 g/mol. The molecule has 2 atom stereocenters. The number of amides is 1. The van der Waals surface area contributed by atoms with Crippen molar-refractivity contribution in [3.63, 3.8) is 0 Å². The summed E-state index contributed by atoms with van der Waals surface area (Å²) in [6, 6.07) is 1.92. The van der Waals surface area contributed by atoms with Gasteiger partial charge in [-0.3, -0.25) is 9.59 Å². The largest absolute Gasteiger partial charge is 0.481 e. The average Bonchev–Trinajstić information content (AvgIpc) is 2.28. The van der Waals surface area contributed by atoms with Crippen molar-refractivity contribution >= 4 is 11.9 Å². The quantitative estimate of drug-likeness (QED) is 0.796. The van der Waals surface area contributed by atoms with Crippen molar-refractivity contribution in [2.24, 2.45) is 5.92 Å². The first kappa shape index (κ1) is 13.0. The monoisotopic (exact) mass is 239 g/mol. The van der Waals surface area contributed by atoms with Crippen LogP contribution in [-0.2, 0) is 4.79 Å². The third kappa shape index (κ3) is 3.44. The predicted molar refractivity (Wildman–Crippen MR) is 58.7 cm³/mol. The van der Waals surface area contributed by atoms with E-state index in [1.807, 2.05) is 0 Å². The van der Waals surface area contributed by atoms with Gasteiger partial charge in [0.2, 0.25) is 0 Å². The Labute approximate surface area is 97.3 Å². The van der Waals surface area contributed by atoms with Crippen LogP contribution in [0.5, 0.6) is 0 Å². The second-order valence-electron chi connectivity index (χ2n) is 3.73. The van der Waals surface area contributed by atoms with E-state index in [0.29, 0.717) is 0 Å². The fraction of sp³-hybridized carbons (Fsp3) is 0.364. The Bertz CT molecular complexity index is 459. The van der Waals surface area contributed by atoms with Crippen molar-refractivity contribution in [2.75, 3.05) is 0 Å². The van der Waals surface area contributed by atoms with Gasteiger partial charge in [-0.2, -0.15) is 0 Å². The minimum Gasteiger partial charge on any atom is -0.481 e. The molecule has 2 unspecified atom stereocenters. The predicted octanol–water partition coefficient (Wildman–Crippen LogP) is 0.479. The first-order valence-corrected chi connectivity index (χ1v) is 5.04. The number of aliphatic carboxylic acids is 1. The highest BCUT2D eigenvalue weighted by Crippen LogP contribution is 2.04. The molecule has 1 aromatic heterocycles. The highest BCUT2D eigenvalue weighted by atomic mass is 16.4. The van der Waals surface area contributed by atoms with E-state index in [-0.39, 0.29) is 5.56 Å². The van der Waals surface area contributed by atoms with Crippen LogP contribution in [0.1, 0.15) is 24.2 Å². The summed E-state index contributed by atoms with van der Waals surface area (Å²) in [5.74, 6) is -2.17. The molecule has 1 amide bonds. The lowest BCUT2D eigenvalue weighted by Crippen LogP contribution is -2.40. The number of carboxylic acids is 1. The van der Waals surface area contributed by atoms with Crippen LogP contribution in [-0.4, -0.2) is 23.0 Å². The van der Waals surface area contributed by atoms with Gasteiger partial charge < -0.3 is 14.8 Å². The first-order chi connectivity index (χ1) is 7.91. The van der Waals surface area contributed by atoms with Crippen LogP contribution in [0.2, 0.25) is 0 Å². The van der Waals surface area contributed by atoms with Crippen molar-refractivity contribution in [3.8, 4) is 0 Å². The Morgan fingerprint density at radius 3 is 2.47 bits per heavy atom. The maximum Gasteiger partial charge on any atom is 0.335 e. The number of carbonyl (C=O) groups is 2. The molecule has 0 aliphatic heterocycles. The summed E-state index contributed by atoms with van der Waals surface area (Å²) in [7, 11) is 0. The maximum atomic E-state index is 11.6. The smallest absolute Gasteiger partial charge is 0.335 e. The Morgan fingerprint density at radius 2 is 2.00 bits per heavy atom. The van der Waals surface area contributed by atoms with Gasteiger partial charge >= 0.3 is 11.6 Å². The van der Waals surface area contributed by atoms with Crippen LogP contribution >= 0.6 is 0 Å². The molecule has 0 saturated carbocycles. The van der Waals surface area contributed by atoms with Gasteiger partial charge in [0.1, 0.15) is 6.26 Å². The molecule has 0 spiro atoms. The fourth-order valence-corrected chi connectivity index (χ4v) is 1.12. The van der Waals surface area contributed by atoms with Gasteiger partial charge in [-0.05, 0) is 19.9 Å². The van der Waals surface area contributed by atoms with E-state index in [1.54, 1.807) is 6.92 Å². The minimum absolute atomic E-state index is 0.175. The minimum atomic E-state index is -0.989. The fourth-order valence-electron chi connectivity index (χ4n) is 1.12. The van der Waals surface area contributed by atoms with E-state index in [4.69, 9.17) is 5.11 Å². The first-order valence-electron chi connectivity index (χ1n) is 5.04. The summed E-state index contributed by atoms with van der Waals surface area (Å²) in [5, 5.41) is 11.3. The number of carbonyl (C=O) groups excluding carboxylic acids is 1. The van der Waals surface area contributed by atoms with Gasteiger partial charge in [0.15, 0.2) is 0 Å². The molecule has 1 heterocycles. The van der Waals surface area contributed by atoms with Crippen LogP contribution in [0, 0.1) is 5.92 Å². The number of hydrogen-bond acceptors (Lipinski definition) is 4. The number of rotatable bonds is 4. The summed E-state index contributed by atoms with van der Waals surface area (Å²) in [4.78, 5) is 33.0. The van der Waals surface area contributed by atoms with Gasteiger partial charge in [0, 0.05) is 12.1 Å². The number of nitrogens with one attached hydrogen (secondary N) is 1. The molecule has 92 valence electrons. The maximum absolute atomic E-state index is 11.6. The van der Waals surface area contributed by atoms with Gasteiger partial charge in [0.25, 0.3) is 5.91 Å². The van der Waals surface area contributed by atoms with Crippen LogP contribution in [0.4, 0.5) is 0 Å². The topological polar surface area (TPSA) is 96.6 Å². The molecule has 0 aliphatic rings. The van der Waals surface area contributed by atoms with Crippen LogP contribution in [0.15, 0.2) is 27.6 Å². The van der Waals surface area contributed by atoms with Crippen molar-refractivity contribution in [1.82, 2.24) is 5.32 Å². The molecule has 6 nitrogen and oxygen atoms in total. The summed E-state index contributed by atoms with van der Waals surface area (Å²) < 4.78 is 4.54. The van der Waals surface area contributed by atoms with Crippen LogP contribution < -0.4 is 10.9 Å². The molecule has 1 aromatic rings. The molecule has 6 heteroatoms. The lowest BCUT2D eigenvalue weighted by atomic mass is 10.0. The lowest BCUT2D eigenvalue weighted by molar-refractivity contribution is -0.141. The van der Waals surface area contributed by atoms with Crippen molar-refractivity contribution in [3.05, 3.63) is 34.4 Å². The third-order valence-electron chi connectivity index (χ3n) is 2.46. The zero-order valence-electron chi connectivity index (χ0n) is 9.47. The Kier molecular flexibility index (Phi) is 4.03. The molecule has 0 fully saturated rings. The van der Waals surface area contributed by atoms with E-state index < -0.39 is 29.5 Å². The molecular formula is C11H13NO5. The summed E-state index contributed by atoms with van der Waals surface area (Å²) in [6.07, 6.45) is 1.04. The standard InChI is InChI=1S/C11H13NO5/c1-6(11(15)16)7(2)12-10(14)8-3-4-9(13)17-5-8/h3-7H,1-2H3,(H,12,14)(H,15,16). The Morgan fingerprint density at radius 1 is 1.35 bits per heavy atom. The zero-order chi connectivity index (χ0) is 13.0. The molecule has 0 bridgehead atoms. The third-order valence-corrected chi connectivity index (χ3v) is 2.46. The summed E-state index contributed by atoms with van der Waals surface area (Å²) in [6.45, 7) is 3.09. The highest BCUT2D eigenvalue weighted by Gasteiger charge is 2.21. The van der Waals surface area contributed by atoms with Gasteiger partial charge in [0.05, 0.1) is 11.5 Å². The van der Waals surface area contributed by atoms with Crippen molar-refractivity contribution < 1.29 is 19.1 Å². The van der Waals surface area contributed by atoms with Gasteiger partial charge in [-0.25, -0.2) is 4.79 Å². The molecule has 0 saturated heterocycles. The summed E-state index contributed by atoms with van der Waals surface area (Å²) in [5.41, 5.74) is -0.373. The molecule has 0 radical (unpaired) electrons. The molecule has 17 heavy (non-hydrogen) atoms. The van der Waals surface area contributed by atoms with E-state index in [2.05, 4.69) is 9.73 Å². The van der Waals surface area contributed by atoms with E-state index >= 15 is 0 Å².